The molecule has 24 heavy (non-hydrogen) atoms. The lowest BCUT2D eigenvalue weighted by atomic mass is 10.2. The summed E-state index contributed by atoms with van der Waals surface area (Å²) in [5, 5.41) is 6.14. The van der Waals surface area contributed by atoms with Crippen LogP contribution in [0.25, 0.3) is 0 Å². The van der Waals surface area contributed by atoms with Gasteiger partial charge in [-0.2, -0.15) is 0 Å². The Labute approximate surface area is 151 Å². The molecular formula is C17H22N4OS2. The van der Waals surface area contributed by atoms with Gasteiger partial charge in [0, 0.05) is 42.7 Å². The van der Waals surface area contributed by atoms with Gasteiger partial charge in [0.1, 0.15) is 0 Å². The van der Waals surface area contributed by atoms with Gasteiger partial charge < -0.3 is 10.2 Å². The van der Waals surface area contributed by atoms with Crippen LogP contribution in [0.4, 0.5) is 10.8 Å². The lowest BCUT2D eigenvalue weighted by Crippen LogP contribution is -2.52. The highest BCUT2D eigenvalue weighted by Crippen LogP contribution is 2.25. The molecule has 1 N–H and O–H groups in total. The van der Waals surface area contributed by atoms with Gasteiger partial charge in [0.25, 0.3) is 0 Å². The van der Waals surface area contributed by atoms with Crippen LogP contribution in [0.1, 0.15) is 6.92 Å². The van der Waals surface area contributed by atoms with Crippen molar-refractivity contribution in [2.75, 3.05) is 42.7 Å². The molecule has 128 valence electrons. The number of carbonyl (C=O) groups is 1. The number of benzene rings is 1. The second-order valence-electron chi connectivity index (χ2n) is 5.70. The van der Waals surface area contributed by atoms with Gasteiger partial charge in [-0.1, -0.05) is 12.1 Å². The number of nitrogens with zero attached hydrogens (tertiary/aromatic N) is 3. The fourth-order valence-electron chi connectivity index (χ4n) is 2.82. The second kappa shape index (κ2) is 8.00. The lowest BCUT2D eigenvalue weighted by Gasteiger charge is -2.37. The fraction of sp³-hybridized carbons (Fsp3) is 0.412. The van der Waals surface area contributed by atoms with Gasteiger partial charge in [-0.3, -0.25) is 9.69 Å². The van der Waals surface area contributed by atoms with Gasteiger partial charge in [0.15, 0.2) is 5.13 Å². The number of thioether (sulfide) groups is 1. The Morgan fingerprint density at radius 3 is 2.71 bits per heavy atom. The van der Waals surface area contributed by atoms with Gasteiger partial charge in [-0.05, 0) is 25.3 Å². The number of aromatic nitrogens is 1. The van der Waals surface area contributed by atoms with Crippen LogP contribution < -0.4 is 10.2 Å². The molecule has 1 aromatic carbocycles. The number of rotatable bonds is 5. The minimum atomic E-state index is -0.140. The number of piperazine rings is 1. The second-order valence-corrected chi connectivity index (χ2v) is 7.42. The molecule has 1 atom stereocenters. The van der Waals surface area contributed by atoms with Crippen molar-refractivity contribution in [3.63, 3.8) is 0 Å². The summed E-state index contributed by atoms with van der Waals surface area (Å²) in [5.74, 6) is 0.0548. The van der Waals surface area contributed by atoms with Crippen LogP contribution in [-0.4, -0.2) is 54.3 Å². The van der Waals surface area contributed by atoms with E-state index in [1.807, 2.05) is 49.0 Å². The number of hydrogen-bond donors (Lipinski definition) is 1. The first kappa shape index (κ1) is 17.3. The van der Waals surface area contributed by atoms with E-state index in [0.717, 1.165) is 41.9 Å². The van der Waals surface area contributed by atoms with Gasteiger partial charge in [0.05, 0.1) is 11.7 Å². The maximum Gasteiger partial charge on any atom is 0.241 e. The average Bonchev–Trinajstić information content (AvgIpc) is 3.16. The molecule has 1 unspecified atom stereocenters. The summed E-state index contributed by atoms with van der Waals surface area (Å²) in [6, 6.07) is 7.78. The number of amides is 1. The van der Waals surface area contributed by atoms with Gasteiger partial charge >= 0.3 is 0 Å². The summed E-state index contributed by atoms with van der Waals surface area (Å²) in [7, 11) is 0. The van der Waals surface area contributed by atoms with Crippen molar-refractivity contribution in [1.82, 2.24) is 9.88 Å². The van der Waals surface area contributed by atoms with Crippen molar-refractivity contribution < 1.29 is 4.79 Å². The zero-order valence-electron chi connectivity index (χ0n) is 13.9. The number of hydrogen-bond acceptors (Lipinski definition) is 6. The van der Waals surface area contributed by atoms with Crippen LogP contribution in [0, 0.1) is 0 Å². The summed E-state index contributed by atoms with van der Waals surface area (Å²) in [6.45, 7) is 5.55. The third kappa shape index (κ3) is 3.91. The van der Waals surface area contributed by atoms with Crippen LogP contribution >= 0.6 is 23.1 Å². The Balaban J connectivity index is 1.56. The van der Waals surface area contributed by atoms with Gasteiger partial charge in [0.2, 0.25) is 5.91 Å². The Bertz CT molecular complexity index is 669. The van der Waals surface area contributed by atoms with Crippen molar-refractivity contribution in [2.24, 2.45) is 0 Å². The molecule has 5 nitrogen and oxygen atoms in total. The molecule has 3 rings (SSSR count). The topological polar surface area (TPSA) is 48.5 Å². The lowest BCUT2D eigenvalue weighted by molar-refractivity contribution is -0.120. The molecular weight excluding hydrogens is 340 g/mol. The van der Waals surface area contributed by atoms with E-state index in [1.165, 1.54) is 0 Å². The van der Waals surface area contributed by atoms with Crippen molar-refractivity contribution >= 4 is 39.8 Å². The first-order valence-electron chi connectivity index (χ1n) is 8.01. The molecule has 0 saturated carbocycles. The SMILES string of the molecule is CSc1ccccc1NC(=O)C(C)N1CCN(c2nccs2)CC1. The highest BCUT2D eigenvalue weighted by molar-refractivity contribution is 7.98. The summed E-state index contributed by atoms with van der Waals surface area (Å²) < 4.78 is 0. The number of thiazole rings is 1. The van der Waals surface area contributed by atoms with E-state index >= 15 is 0 Å². The number of anilines is 2. The van der Waals surface area contributed by atoms with E-state index in [4.69, 9.17) is 0 Å². The molecule has 0 bridgehead atoms. The van der Waals surface area contributed by atoms with Crippen molar-refractivity contribution in [3.05, 3.63) is 35.8 Å². The molecule has 2 aromatic rings. The monoisotopic (exact) mass is 362 g/mol. The molecule has 0 spiro atoms. The van der Waals surface area contributed by atoms with E-state index in [0.29, 0.717) is 0 Å². The van der Waals surface area contributed by atoms with Crippen LogP contribution in [0.15, 0.2) is 40.7 Å². The normalized spacial score (nSPS) is 16.8. The highest BCUT2D eigenvalue weighted by atomic mass is 32.2. The third-order valence-corrected chi connectivity index (χ3v) is 5.92. The molecule has 0 aliphatic carbocycles. The van der Waals surface area contributed by atoms with Crippen molar-refractivity contribution in [3.8, 4) is 0 Å². The predicted molar refractivity (Wildman–Crippen MR) is 102 cm³/mol. The zero-order valence-corrected chi connectivity index (χ0v) is 15.6. The van der Waals surface area contributed by atoms with Crippen LogP contribution in [0.3, 0.4) is 0 Å². The van der Waals surface area contributed by atoms with Gasteiger partial charge in [-0.25, -0.2) is 4.98 Å². The van der Waals surface area contributed by atoms with Crippen LogP contribution in [0.2, 0.25) is 0 Å². The molecule has 7 heteroatoms. The van der Waals surface area contributed by atoms with Crippen molar-refractivity contribution in [2.45, 2.75) is 17.9 Å². The first-order valence-corrected chi connectivity index (χ1v) is 10.1. The number of nitrogens with one attached hydrogen (secondary N) is 1. The number of carbonyl (C=O) groups excluding carboxylic acids is 1. The fourth-order valence-corrected chi connectivity index (χ4v) is 4.07. The average molecular weight is 363 g/mol. The Morgan fingerprint density at radius 1 is 1.29 bits per heavy atom. The molecule has 1 amide bonds. The quantitative estimate of drug-likeness (QED) is 0.829. The summed E-state index contributed by atoms with van der Waals surface area (Å²) in [6.07, 6.45) is 3.86. The minimum Gasteiger partial charge on any atom is -0.346 e. The van der Waals surface area contributed by atoms with E-state index in [-0.39, 0.29) is 11.9 Å². The standard InChI is InChI=1S/C17H22N4OS2/c1-13(16(22)19-14-5-3-4-6-15(14)23-2)20-8-10-21(11-9-20)17-18-7-12-24-17/h3-7,12-13H,8-11H2,1-2H3,(H,19,22). The minimum absolute atomic E-state index is 0.0548. The van der Waals surface area contributed by atoms with Crippen LogP contribution in [-0.2, 0) is 4.79 Å². The highest BCUT2D eigenvalue weighted by Gasteiger charge is 2.26. The summed E-state index contributed by atoms with van der Waals surface area (Å²) >= 11 is 3.31. The van der Waals surface area contributed by atoms with E-state index < -0.39 is 0 Å². The molecule has 1 aliphatic heterocycles. The summed E-state index contributed by atoms with van der Waals surface area (Å²) in [4.78, 5) is 22.6. The van der Waals surface area contributed by atoms with E-state index in [9.17, 15) is 4.79 Å². The Kier molecular flexibility index (Phi) is 5.76. The van der Waals surface area contributed by atoms with Crippen LogP contribution in [0.5, 0.6) is 0 Å². The molecule has 2 heterocycles. The van der Waals surface area contributed by atoms with Gasteiger partial charge in [-0.15, -0.1) is 23.1 Å². The Hall–Kier alpha value is -1.57. The van der Waals surface area contributed by atoms with Crippen molar-refractivity contribution in [1.29, 1.82) is 0 Å². The number of para-hydroxylation sites is 1. The predicted octanol–water partition coefficient (Wildman–Crippen LogP) is 3.01. The van der Waals surface area contributed by atoms with E-state index in [1.54, 1.807) is 23.1 Å². The molecule has 1 fully saturated rings. The molecule has 1 saturated heterocycles. The maximum atomic E-state index is 12.6. The zero-order chi connectivity index (χ0) is 16.9. The molecule has 1 aliphatic rings. The van der Waals surface area contributed by atoms with E-state index in [2.05, 4.69) is 20.1 Å². The molecule has 0 radical (unpaired) electrons. The summed E-state index contributed by atoms with van der Waals surface area (Å²) in [5.41, 5.74) is 0.892. The Morgan fingerprint density at radius 2 is 2.04 bits per heavy atom. The molecule has 1 aromatic heterocycles. The maximum absolute atomic E-state index is 12.6. The smallest absolute Gasteiger partial charge is 0.241 e. The first-order chi connectivity index (χ1) is 11.7. The third-order valence-electron chi connectivity index (χ3n) is 4.30. The largest absolute Gasteiger partial charge is 0.346 e.